The zero-order chi connectivity index (χ0) is 22.8. The van der Waals surface area contributed by atoms with Crippen molar-refractivity contribution < 1.29 is 14.8 Å². The summed E-state index contributed by atoms with van der Waals surface area (Å²) in [5, 5.41) is 20.6. The Hall–Kier alpha value is -4.11. The molecule has 4 rings (SSSR count). The first-order chi connectivity index (χ1) is 15.3. The topological polar surface area (TPSA) is 115 Å². The number of nitro benzene ring substituents is 1. The summed E-state index contributed by atoms with van der Waals surface area (Å²) in [5.74, 6) is -0.783. The zero-order valence-electron chi connectivity index (χ0n) is 16.3. The number of carbonyl (C=O) groups is 1. The molecule has 0 unspecified atom stereocenters. The molecule has 0 aliphatic rings. The van der Waals surface area contributed by atoms with Crippen LogP contribution in [0.3, 0.4) is 0 Å². The Labute approximate surface area is 189 Å². The number of hydrogen-bond acceptors (Lipinski definition) is 5. The van der Waals surface area contributed by atoms with Gasteiger partial charge in [0.25, 0.3) is 11.2 Å². The first-order valence-corrected chi connectivity index (χ1v) is 10.1. The highest BCUT2D eigenvalue weighted by Crippen LogP contribution is 2.20. The molecule has 0 spiro atoms. The van der Waals surface area contributed by atoms with E-state index in [1.165, 1.54) is 41.0 Å². The first-order valence-electron chi connectivity index (χ1n) is 9.32. The van der Waals surface area contributed by atoms with Gasteiger partial charge in [-0.05, 0) is 54.1 Å². The molecule has 0 atom stereocenters. The SMILES string of the molecule is O=C(O)c1ccc(-n2c(/C=C/c3cccc([N+](=O)[O-])c3)nc3ccc(Br)cc3c2=O)cc1. The van der Waals surface area contributed by atoms with Gasteiger partial charge in [0, 0.05) is 16.6 Å². The van der Waals surface area contributed by atoms with E-state index < -0.39 is 10.9 Å². The van der Waals surface area contributed by atoms with Crippen LogP contribution in [0.5, 0.6) is 0 Å². The smallest absolute Gasteiger partial charge is 0.335 e. The van der Waals surface area contributed by atoms with E-state index in [2.05, 4.69) is 20.9 Å². The van der Waals surface area contributed by atoms with Gasteiger partial charge < -0.3 is 5.11 Å². The molecule has 32 heavy (non-hydrogen) atoms. The van der Waals surface area contributed by atoms with Crippen LogP contribution in [0.15, 0.2) is 76.0 Å². The molecule has 158 valence electrons. The summed E-state index contributed by atoms with van der Waals surface area (Å²) in [6.07, 6.45) is 3.22. The fraction of sp³-hybridized carbons (Fsp3) is 0. The van der Waals surface area contributed by atoms with Crippen molar-refractivity contribution >= 4 is 50.6 Å². The average molecular weight is 492 g/mol. The van der Waals surface area contributed by atoms with E-state index in [0.717, 1.165) is 4.47 Å². The third-order valence-electron chi connectivity index (χ3n) is 4.73. The van der Waals surface area contributed by atoms with Crippen LogP contribution in [-0.2, 0) is 0 Å². The van der Waals surface area contributed by atoms with E-state index >= 15 is 0 Å². The molecule has 0 saturated heterocycles. The highest BCUT2D eigenvalue weighted by atomic mass is 79.9. The number of aromatic nitrogens is 2. The second-order valence-corrected chi connectivity index (χ2v) is 7.73. The van der Waals surface area contributed by atoms with Gasteiger partial charge in [0.05, 0.1) is 27.1 Å². The number of hydrogen-bond donors (Lipinski definition) is 1. The van der Waals surface area contributed by atoms with Crippen molar-refractivity contribution in [3.05, 3.63) is 109 Å². The quantitative estimate of drug-likeness (QED) is 0.312. The Morgan fingerprint density at radius 2 is 1.81 bits per heavy atom. The number of rotatable bonds is 5. The molecule has 1 aromatic heterocycles. The molecule has 0 amide bonds. The minimum absolute atomic E-state index is 0.0508. The lowest BCUT2D eigenvalue weighted by Crippen LogP contribution is -2.22. The number of nitrogens with zero attached hydrogens (tertiary/aromatic N) is 3. The summed E-state index contributed by atoms with van der Waals surface area (Å²) in [6.45, 7) is 0. The highest BCUT2D eigenvalue weighted by Gasteiger charge is 2.13. The number of halogens is 1. The molecule has 1 N–H and O–H groups in total. The van der Waals surface area contributed by atoms with Crippen molar-refractivity contribution in [1.29, 1.82) is 0 Å². The number of fused-ring (bicyclic) bond motifs is 1. The van der Waals surface area contributed by atoms with Gasteiger partial charge in [-0.3, -0.25) is 19.5 Å². The maximum atomic E-state index is 13.3. The second kappa shape index (κ2) is 8.56. The van der Waals surface area contributed by atoms with Crippen LogP contribution in [0, 0.1) is 10.1 Å². The van der Waals surface area contributed by atoms with Crippen LogP contribution in [0.25, 0.3) is 28.7 Å². The third-order valence-corrected chi connectivity index (χ3v) is 5.23. The minimum atomic E-state index is -1.07. The molecule has 0 radical (unpaired) electrons. The van der Waals surface area contributed by atoms with Crippen LogP contribution in [0.1, 0.15) is 21.7 Å². The third kappa shape index (κ3) is 4.19. The van der Waals surface area contributed by atoms with Crippen molar-refractivity contribution in [3.8, 4) is 5.69 Å². The Balaban J connectivity index is 1.90. The van der Waals surface area contributed by atoms with Gasteiger partial charge in [0.1, 0.15) is 5.82 Å². The number of carboxylic acid groups (broad SMARTS) is 1. The highest BCUT2D eigenvalue weighted by molar-refractivity contribution is 9.10. The molecule has 0 aliphatic carbocycles. The van der Waals surface area contributed by atoms with E-state index in [9.17, 15) is 19.7 Å². The van der Waals surface area contributed by atoms with Gasteiger partial charge in [-0.25, -0.2) is 9.78 Å². The van der Waals surface area contributed by atoms with Crippen LogP contribution >= 0.6 is 15.9 Å². The summed E-state index contributed by atoms with van der Waals surface area (Å²) in [5.41, 5.74) is 1.19. The summed E-state index contributed by atoms with van der Waals surface area (Å²) < 4.78 is 2.09. The van der Waals surface area contributed by atoms with E-state index in [1.807, 2.05) is 0 Å². The molecule has 4 aromatic rings. The molecule has 3 aromatic carbocycles. The van der Waals surface area contributed by atoms with Gasteiger partial charge in [-0.2, -0.15) is 0 Å². The van der Waals surface area contributed by atoms with Crippen molar-refractivity contribution in [2.75, 3.05) is 0 Å². The Bertz CT molecular complexity index is 1460. The normalized spacial score (nSPS) is 11.2. The Morgan fingerprint density at radius 3 is 2.50 bits per heavy atom. The van der Waals surface area contributed by atoms with Crippen LogP contribution < -0.4 is 5.56 Å². The molecule has 1 heterocycles. The minimum Gasteiger partial charge on any atom is -0.478 e. The molecule has 0 fully saturated rings. The lowest BCUT2D eigenvalue weighted by atomic mass is 10.1. The van der Waals surface area contributed by atoms with Crippen LogP contribution in [-0.4, -0.2) is 25.6 Å². The van der Waals surface area contributed by atoms with E-state index in [0.29, 0.717) is 28.0 Å². The summed E-state index contributed by atoms with van der Waals surface area (Å²) >= 11 is 3.36. The van der Waals surface area contributed by atoms with Crippen molar-refractivity contribution in [2.45, 2.75) is 0 Å². The van der Waals surface area contributed by atoms with Gasteiger partial charge in [-0.1, -0.05) is 34.1 Å². The number of carboxylic acids is 1. The zero-order valence-corrected chi connectivity index (χ0v) is 17.9. The van der Waals surface area contributed by atoms with E-state index in [1.54, 1.807) is 42.5 Å². The maximum Gasteiger partial charge on any atom is 0.335 e. The predicted octanol–water partition coefficient (Wildman–Crippen LogP) is 4.93. The van der Waals surface area contributed by atoms with Gasteiger partial charge in [0.2, 0.25) is 0 Å². The summed E-state index contributed by atoms with van der Waals surface area (Å²) in [6, 6.07) is 17.1. The van der Waals surface area contributed by atoms with Gasteiger partial charge >= 0.3 is 5.97 Å². The number of non-ortho nitro benzene ring substituents is 1. The molecule has 0 bridgehead atoms. The van der Waals surface area contributed by atoms with Crippen LogP contribution in [0.4, 0.5) is 5.69 Å². The van der Waals surface area contributed by atoms with E-state index in [4.69, 9.17) is 5.11 Å². The fourth-order valence-corrected chi connectivity index (χ4v) is 3.56. The second-order valence-electron chi connectivity index (χ2n) is 6.81. The molecule has 0 saturated carbocycles. The van der Waals surface area contributed by atoms with Crippen molar-refractivity contribution in [3.63, 3.8) is 0 Å². The number of aromatic carboxylic acids is 1. The number of nitro groups is 1. The number of benzene rings is 3. The predicted molar refractivity (Wildman–Crippen MR) is 124 cm³/mol. The van der Waals surface area contributed by atoms with E-state index in [-0.39, 0.29) is 16.8 Å². The Kier molecular flexibility index (Phi) is 5.65. The molecule has 0 aliphatic heterocycles. The van der Waals surface area contributed by atoms with Crippen LogP contribution in [0.2, 0.25) is 0 Å². The maximum absolute atomic E-state index is 13.3. The van der Waals surface area contributed by atoms with Gasteiger partial charge in [-0.15, -0.1) is 0 Å². The Morgan fingerprint density at radius 1 is 1.06 bits per heavy atom. The molecule has 8 nitrogen and oxygen atoms in total. The molecular weight excluding hydrogens is 478 g/mol. The summed E-state index contributed by atoms with van der Waals surface area (Å²) in [7, 11) is 0. The fourth-order valence-electron chi connectivity index (χ4n) is 3.20. The van der Waals surface area contributed by atoms with Gasteiger partial charge in [0.15, 0.2) is 0 Å². The first kappa shape index (κ1) is 21.1. The van der Waals surface area contributed by atoms with Crippen molar-refractivity contribution in [2.24, 2.45) is 0 Å². The molecular formula is C23H14BrN3O5. The monoisotopic (exact) mass is 491 g/mol. The summed E-state index contributed by atoms with van der Waals surface area (Å²) in [4.78, 5) is 39.7. The lowest BCUT2D eigenvalue weighted by Gasteiger charge is -2.12. The lowest BCUT2D eigenvalue weighted by molar-refractivity contribution is -0.384. The molecule has 9 heteroatoms. The van der Waals surface area contributed by atoms with Crippen molar-refractivity contribution in [1.82, 2.24) is 9.55 Å². The average Bonchev–Trinajstić information content (AvgIpc) is 2.78. The standard InChI is InChI=1S/C23H14BrN3O5/c24-16-7-10-20-19(13-16)22(28)26(17-8-5-15(6-9-17)23(29)30)21(25-20)11-4-14-2-1-3-18(12-14)27(31)32/h1-13H,(H,29,30)/b11-4+. The largest absolute Gasteiger partial charge is 0.478 e.